The van der Waals surface area contributed by atoms with E-state index in [0.717, 1.165) is 25.9 Å². The third-order valence-electron chi connectivity index (χ3n) is 4.13. The Labute approximate surface area is 104 Å². The van der Waals surface area contributed by atoms with Gasteiger partial charge >= 0.3 is 6.03 Å². The topological polar surface area (TPSA) is 58.4 Å². The molecule has 3 N–H and O–H groups in total. The lowest BCUT2D eigenvalue weighted by Crippen LogP contribution is -2.49. The molecular formula is C13H25N3O. The van der Waals surface area contributed by atoms with Crippen LogP contribution in [0.2, 0.25) is 0 Å². The molecule has 1 heterocycles. The number of hydrogen-bond acceptors (Lipinski definition) is 2. The Kier molecular flexibility index (Phi) is 4.66. The first-order valence-corrected chi connectivity index (χ1v) is 7.06. The van der Waals surface area contributed by atoms with Crippen molar-refractivity contribution >= 4 is 6.03 Å². The van der Waals surface area contributed by atoms with Gasteiger partial charge in [0.25, 0.3) is 0 Å². The first kappa shape index (κ1) is 12.7. The molecule has 0 spiro atoms. The van der Waals surface area contributed by atoms with Crippen LogP contribution < -0.4 is 11.1 Å². The van der Waals surface area contributed by atoms with E-state index in [-0.39, 0.29) is 6.03 Å². The molecule has 2 fully saturated rings. The number of amides is 2. The lowest BCUT2D eigenvalue weighted by atomic mass is 10.0. The van der Waals surface area contributed by atoms with E-state index >= 15 is 0 Å². The van der Waals surface area contributed by atoms with E-state index in [4.69, 9.17) is 5.73 Å². The Morgan fingerprint density at radius 3 is 2.00 bits per heavy atom. The summed E-state index contributed by atoms with van der Waals surface area (Å²) < 4.78 is 0. The molecule has 0 aromatic heterocycles. The summed E-state index contributed by atoms with van der Waals surface area (Å²) in [5, 5.41) is 3.78. The monoisotopic (exact) mass is 239 g/mol. The average Bonchev–Trinajstić information content (AvgIpc) is 2.58. The number of urea groups is 1. The molecule has 17 heavy (non-hydrogen) atoms. The van der Waals surface area contributed by atoms with Crippen molar-refractivity contribution in [3.63, 3.8) is 0 Å². The second kappa shape index (κ2) is 6.24. The number of likely N-dealkylation sites (tertiary alicyclic amines) is 1. The summed E-state index contributed by atoms with van der Waals surface area (Å²) >= 11 is 0. The minimum absolute atomic E-state index is 0.266. The maximum Gasteiger partial charge on any atom is 0.314 e. The molecule has 1 saturated heterocycles. The summed E-state index contributed by atoms with van der Waals surface area (Å²) in [6.07, 6.45) is 10.3. The fourth-order valence-corrected chi connectivity index (χ4v) is 3.05. The zero-order valence-electron chi connectivity index (χ0n) is 10.7. The molecule has 0 bridgehead atoms. The number of nitrogens with two attached hydrogens (primary N) is 1. The Hall–Kier alpha value is -0.770. The molecule has 2 rings (SSSR count). The van der Waals surface area contributed by atoms with Crippen LogP contribution in [-0.2, 0) is 0 Å². The van der Waals surface area contributed by atoms with E-state index in [0.29, 0.717) is 12.1 Å². The van der Waals surface area contributed by atoms with Gasteiger partial charge in [-0.25, -0.2) is 4.79 Å². The van der Waals surface area contributed by atoms with Crippen LogP contribution >= 0.6 is 0 Å². The van der Waals surface area contributed by atoms with Crippen LogP contribution in [0.25, 0.3) is 0 Å². The highest BCUT2D eigenvalue weighted by Crippen LogP contribution is 2.19. The van der Waals surface area contributed by atoms with Crippen LogP contribution in [0, 0.1) is 0 Å². The number of primary amides is 1. The predicted molar refractivity (Wildman–Crippen MR) is 68.8 cm³/mol. The zero-order valence-corrected chi connectivity index (χ0v) is 10.7. The second-order valence-corrected chi connectivity index (χ2v) is 5.45. The smallest absolute Gasteiger partial charge is 0.314 e. The molecule has 1 aliphatic carbocycles. The van der Waals surface area contributed by atoms with E-state index in [9.17, 15) is 4.79 Å². The first-order chi connectivity index (χ1) is 8.25. The Morgan fingerprint density at radius 1 is 0.941 bits per heavy atom. The summed E-state index contributed by atoms with van der Waals surface area (Å²) in [6.45, 7) is 1.64. The number of piperidine rings is 1. The number of carbonyl (C=O) groups is 1. The molecule has 98 valence electrons. The number of nitrogens with one attached hydrogen (secondary N) is 1. The Bertz CT molecular complexity index is 241. The summed E-state index contributed by atoms with van der Waals surface area (Å²) in [7, 11) is 0. The van der Waals surface area contributed by atoms with Crippen molar-refractivity contribution in [2.75, 3.05) is 13.1 Å². The van der Waals surface area contributed by atoms with E-state index in [1.54, 1.807) is 4.90 Å². The van der Waals surface area contributed by atoms with Crippen molar-refractivity contribution in [1.82, 2.24) is 10.2 Å². The molecule has 2 amide bonds. The maximum absolute atomic E-state index is 11.0. The fraction of sp³-hybridized carbons (Fsp3) is 0.923. The molecule has 0 unspecified atom stereocenters. The Morgan fingerprint density at radius 2 is 1.47 bits per heavy atom. The molecule has 0 aromatic carbocycles. The molecular weight excluding hydrogens is 214 g/mol. The molecule has 0 atom stereocenters. The molecule has 0 aromatic rings. The van der Waals surface area contributed by atoms with Crippen LogP contribution in [0.4, 0.5) is 4.79 Å². The van der Waals surface area contributed by atoms with Crippen molar-refractivity contribution in [3.05, 3.63) is 0 Å². The molecule has 1 saturated carbocycles. The van der Waals surface area contributed by atoms with Crippen LogP contribution in [0.1, 0.15) is 51.4 Å². The fourth-order valence-electron chi connectivity index (χ4n) is 3.05. The van der Waals surface area contributed by atoms with Crippen molar-refractivity contribution in [3.8, 4) is 0 Å². The van der Waals surface area contributed by atoms with E-state index in [1.165, 1.54) is 38.5 Å². The highest BCUT2D eigenvalue weighted by Gasteiger charge is 2.23. The van der Waals surface area contributed by atoms with Crippen molar-refractivity contribution in [2.24, 2.45) is 5.73 Å². The van der Waals surface area contributed by atoms with Crippen molar-refractivity contribution in [1.29, 1.82) is 0 Å². The van der Waals surface area contributed by atoms with Crippen LogP contribution in [0.3, 0.4) is 0 Å². The average molecular weight is 239 g/mol. The quantitative estimate of drug-likeness (QED) is 0.722. The lowest BCUT2D eigenvalue weighted by molar-refractivity contribution is 0.181. The summed E-state index contributed by atoms with van der Waals surface area (Å²) in [4.78, 5) is 12.8. The van der Waals surface area contributed by atoms with Crippen molar-refractivity contribution in [2.45, 2.75) is 63.5 Å². The van der Waals surface area contributed by atoms with Gasteiger partial charge in [-0.3, -0.25) is 0 Å². The highest BCUT2D eigenvalue weighted by molar-refractivity contribution is 5.72. The first-order valence-electron chi connectivity index (χ1n) is 7.06. The molecule has 1 aliphatic heterocycles. The molecule has 4 nitrogen and oxygen atoms in total. The highest BCUT2D eigenvalue weighted by atomic mass is 16.2. The van der Waals surface area contributed by atoms with Gasteiger partial charge in [0.1, 0.15) is 0 Å². The standard InChI is InChI=1S/C13H25N3O/c14-13(17)16-9-7-12(8-10-16)15-11-5-3-1-2-4-6-11/h11-12,15H,1-10H2,(H2,14,17). The third kappa shape index (κ3) is 3.87. The van der Waals surface area contributed by atoms with Gasteiger partial charge in [-0.05, 0) is 25.7 Å². The van der Waals surface area contributed by atoms with Crippen LogP contribution in [0.5, 0.6) is 0 Å². The second-order valence-electron chi connectivity index (χ2n) is 5.45. The number of nitrogens with zero attached hydrogens (tertiary/aromatic N) is 1. The van der Waals surface area contributed by atoms with Gasteiger partial charge in [0, 0.05) is 25.2 Å². The number of rotatable bonds is 2. The maximum atomic E-state index is 11.0. The lowest BCUT2D eigenvalue weighted by Gasteiger charge is -2.33. The summed E-state index contributed by atoms with van der Waals surface area (Å²) in [5.74, 6) is 0. The zero-order chi connectivity index (χ0) is 12.1. The normalized spacial score (nSPS) is 24.6. The van der Waals surface area contributed by atoms with Gasteiger partial charge in [-0.2, -0.15) is 0 Å². The minimum atomic E-state index is -0.266. The van der Waals surface area contributed by atoms with E-state index in [1.807, 2.05) is 0 Å². The SMILES string of the molecule is NC(=O)N1CCC(NC2CCCCCC2)CC1. The third-order valence-corrected chi connectivity index (χ3v) is 4.13. The number of carbonyl (C=O) groups excluding carboxylic acids is 1. The largest absolute Gasteiger partial charge is 0.351 e. The molecule has 4 heteroatoms. The van der Waals surface area contributed by atoms with Crippen molar-refractivity contribution < 1.29 is 4.79 Å². The van der Waals surface area contributed by atoms with Gasteiger partial charge in [0.15, 0.2) is 0 Å². The van der Waals surface area contributed by atoms with Gasteiger partial charge < -0.3 is 16.0 Å². The summed E-state index contributed by atoms with van der Waals surface area (Å²) in [5.41, 5.74) is 5.28. The number of hydrogen-bond donors (Lipinski definition) is 2. The van der Waals surface area contributed by atoms with Gasteiger partial charge in [-0.1, -0.05) is 25.7 Å². The van der Waals surface area contributed by atoms with Crippen LogP contribution in [-0.4, -0.2) is 36.1 Å². The molecule has 0 radical (unpaired) electrons. The molecule has 2 aliphatic rings. The van der Waals surface area contributed by atoms with E-state index in [2.05, 4.69) is 5.32 Å². The van der Waals surface area contributed by atoms with Crippen LogP contribution in [0.15, 0.2) is 0 Å². The van der Waals surface area contributed by atoms with Gasteiger partial charge in [0.05, 0.1) is 0 Å². The predicted octanol–water partition coefficient (Wildman–Crippen LogP) is 1.84. The summed E-state index contributed by atoms with van der Waals surface area (Å²) in [6, 6.07) is 1.04. The Balaban J connectivity index is 1.71. The van der Waals surface area contributed by atoms with E-state index < -0.39 is 0 Å². The minimum Gasteiger partial charge on any atom is -0.351 e. The van der Waals surface area contributed by atoms with Gasteiger partial charge in [0.2, 0.25) is 0 Å². The van der Waals surface area contributed by atoms with Gasteiger partial charge in [-0.15, -0.1) is 0 Å².